The van der Waals surface area contributed by atoms with E-state index in [4.69, 9.17) is 5.73 Å². The molecule has 0 saturated carbocycles. The summed E-state index contributed by atoms with van der Waals surface area (Å²) in [5, 5.41) is 0. The Balaban J connectivity index is 2.41. The third kappa shape index (κ3) is 4.15. The molecule has 1 heterocycles. The minimum atomic E-state index is -3.83. The lowest BCUT2D eigenvalue weighted by molar-refractivity contribution is 0.346. The molecule has 0 bridgehead atoms. The first kappa shape index (κ1) is 19.3. The van der Waals surface area contributed by atoms with Crippen LogP contribution < -0.4 is 10.5 Å². The smallest absolute Gasteiger partial charge is 0.243 e. The van der Waals surface area contributed by atoms with Gasteiger partial charge in [-0.25, -0.2) is 21.6 Å². The van der Waals surface area contributed by atoms with Crippen LogP contribution in [0.3, 0.4) is 0 Å². The lowest BCUT2D eigenvalue weighted by Crippen LogP contribution is -2.38. The minimum Gasteiger partial charge on any atom is -0.329 e. The van der Waals surface area contributed by atoms with Crippen LogP contribution >= 0.6 is 0 Å². The number of piperidine rings is 1. The number of hydrogen-bond acceptors (Lipinski definition) is 5. The standard InChI is InChI=1S/C15H25N3O4S2/c1-12-6-7-14(24(21,22)18-8-4-3-5-9-18)10-15(12)23(19,20)17-13(2)11-16/h6-7,10,13,17H,3-5,8-9,11,16H2,1-2H3/t13-/m0/s1. The average Bonchev–Trinajstić information content (AvgIpc) is 2.55. The normalized spacial score (nSPS) is 18.5. The van der Waals surface area contributed by atoms with E-state index in [1.807, 2.05) is 0 Å². The lowest BCUT2D eigenvalue weighted by Gasteiger charge is -2.26. The van der Waals surface area contributed by atoms with E-state index in [-0.39, 0.29) is 16.3 Å². The van der Waals surface area contributed by atoms with Crippen LogP contribution in [0.1, 0.15) is 31.7 Å². The van der Waals surface area contributed by atoms with Crippen molar-refractivity contribution in [2.24, 2.45) is 5.73 Å². The van der Waals surface area contributed by atoms with Gasteiger partial charge in [0, 0.05) is 25.7 Å². The molecule has 3 N–H and O–H groups in total. The number of nitrogens with two attached hydrogens (primary N) is 1. The molecule has 1 aliphatic heterocycles. The number of hydrogen-bond donors (Lipinski definition) is 2. The molecular formula is C15H25N3O4S2. The van der Waals surface area contributed by atoms with Gasteiger partial charge in [0.05, 0.1) is 9.79 Å². The molecule has 1 atom stereocenters. The molecule has 0 unspecified atom stereocenters. The molecule has 2 rings (SSSR count). The van der Waals surface area contributed by atoms with Gasteiger partial charge in [-0.05, 0) is 44.4 Å². The van der Waals surface area contributed by atoms with Crippen molar-refractivity contribution < 1.29 is 16.8 Å². The van der Waals surface area contributed by atoms with Crippen molar-refractivity contribution in [1.29, 1.82) is 0 Å². The van der Waals surface area contributed by atoms with Crippen LogP contribution in [0.15, 0.2) is 28.0 Å². The van der Waals surface area contributed by atoms with Crippen molar-refractivity contribution >= 4 is 20.0 Å². The van der Waals surface area contributed by atoms with Gasteiger partial charge in [-0.2, -0.15) is 4.31 Å². The molecular weight excluding hydrogens is 350 g/mol. The highest BCUT2D eigenvalue weighted by Gasteiger charge is 2.28. The third-order valence-electron chi connectivity index (χ3n) is 4.11. The Bertz CT molecular complexity index is 785. The molecule has 136 valence electrons. The van der Waals surface area contributed by atoms with E-state index in [1.165, 1.54) is 22.5 Å². The van der Waals surface area contributed by atoms with Gasteiger partial charge >= 0.3 is 0 Å². The van der Waals surface area contributed by atoms with Crippen LogP contribution in [0.5, 0.6) is 0 Å². The average molecular weight is 376 g/mol. The zero-order valence-corrected chi connectivity index (χ0v) is 15.7. The summed E-state index contributed by atoms with van der Waals surface area (Å²) in [6.45, 7) is 4.39. The van der Waals surface area contributed by atoms with Crippen molar-refractivity contribution in [3.05, 3.63) is 23.8 Å². The van der Waals surface area contributed by atoms with Gasteiger partial charge < -0.3 is 5.73 Å². The summed E-state index contributed by atoms with van der Waals surface area (Å²) in [4.78, 5) is -0.0170. The van der Waals surface area contributed by atoms with Crippen molar-refractivity contribution in [2.75, 3.05) is 19.6 Å². The predicted molar refractivity (Wildman–Crippen MR) is 92.6 cm³/mol. The zero-order chi connectivity index (χ0) is 18.0. The Labute approximate surface area is 144 Å². The van der Waals surface area contributed by atoms with Crippen molar-refractivity contribution in [3.8, 4) is 0 Å². The zero-order valence-electron chi connectivity index (χ0n) is 14.0. The first-order valence-corrected chi connectivity index (χ1v) is 10.9. The predicted octanol–water partition coefficient (Wildman–Crippen LogP) is 0.795. The Morgan fingerprint density at radius 3 is 2.38 bits per heavy atom. The number of sulfonamides is 2. The van der Waals surface area contributed by atoms with E-state index in [2.05, 4.69) is 4.72 Å². The summed E-state index contributed by atoms with van der Waals surface area (Å²) in [6, 6.07) is 3.80. The van der Waals surface area contributed by atoms with Gasteiger partial charge in [0.25, 0.3) is 0 Å². The molecule has 1 saturated heterocycles. The molecule has 7 nitrogen and oxygen atoms in total. The number of nitrogens with zero attached hydrogens (tertiary/aromatic N) is 1. The van der Waals surface area contributed by atoms with Crippen LogP contribution in [0.4, 0.5) is 0 Å². The Kier molecular flexibility index (Phi) is 6.03. The first-order chi connectivity index (χ1) is 11.2. The largest absolute Gasteiger partial charge is 0.329 e. The summed E-state index contributed by atoms with van der Waals surface area (Å²) < 4.78 is 54.4. The molecule has 1 aliphatic rings. The van der Waals surface area contributed by atoms with Crippen LogP contribution in [0, 0.1) is 6.92 Å². The summed E-state index contributed by atoms with van der Waals surface area (Å²) in [5.74, 6) is 0. The summed E-state index contributed by atoms with van der Waals surface area (Å²) in [6.07, 6.45) is 2.66. The van der Waals surface area contributed by atoms with E-state index >= 15 is 0 Å². The number of rotatable bonds is 6. The van der Waals surface area contributed by atoms with E-state index < -0.39 is 26.1 Å². The van der Waals surface area contributed by atoms with Gasteiger partial charge in [0.1, 0.15) is 0 Å². The molecule has 24 heavy (non-hydrogen) atoms. The Morgan fingerprint density at radius 1 is 1.17 bits per heavy atom. The fraction of sp³-hybridized carbons (Fsp3) is 0.600. The molecule has 0 spiro atoms. The first-order valence-electron chi connectivity index (χ1n) is 8.01. The van der Waals surface area contributed by atoms with Crippen LogP contribution in [-0.2, 0) is 20.0 Å². The van der Waals surface area contributed by atoms with E-state index in [1.54, 1.807) is 13.8 Å². The van der Waals surface area contributed by atoms with Gasteiger partial charge in [0.15, 0.2) is 0 Å². The molecule has 1 fully saturated rings. The molecule has 1 aromatic rings. The Morgan fingerprint density at radius 2 is 1.79 bits per heavy atom. The van der Waals surface area contributed by atoms with Crippen LogP contribution in [0.25, 0.3) is 0 Å². The molecule has 0 aliphatic carbocycles. The number of aryl methyl sites for hydroxylation is 1. The van der Waals surface area contributed by atoms with Crippen LogP contribution in [-0.4, -0.2) is 46.8 Å². The number of nitrogens with one attached hydrogen (secondary N) is 1. The highest BCUT2D eigenvalue weighted by atomic mass is 32.2. The highest BCUT2D eigenvalue weighted by Crippen LogP contribution is 2.25. The van der Waals surface area contributed by atoms with Gasteiger partial charge in [-0.15, -0.1) is 0 Å². The second kappa shape index (κ2) is 7.49. The maximum absolute atomic E-state index is 12.7. The summed E-state index contributed by atoms with van der Waals surface area (Å²) in [5.41, 5.74) is 5.95. The molecule has 0 aromatic heterocycles. The van der Waals surface area contributed by atoms with Crippen molar-refractivity contribution in [1.82, 2.24) is 9.03 Å². The van der Waals surface area contributed by atoms with Gasteiger partial charge in [-0.3, -0.25) is 0 Å². The van der Waals surface area contributed by atoms with Crippen molar-refractivity contribution in [2.45, 2.75) is 48.9 Å². The molecule has 9 heteroatoms. The monoisotopic (exact) mass is 375 g/mol. The summed E-state index contributed by atoms with van der Waals surface area (Å²) >= 11 is 0. The molecule has 0 radical (unpaired) electrons. The fourth-order valence-corrected chi connectivity index (χ4v) is 5.81. The van der Waals surface area contributed by atoms with E-state index in [0.717, 1.165) is 19.3 Å². The van der Waals surface area contributed by atoms with Crippen molar-refractivity contribution in [3.63, 3.8) is 0 Å². The SMILES string of the molecule is Cc1ccc(S(=O)(=O)N2CCCCC2)cc1S(=O)(=O)N[C@@H](C)CN. The fourth-order valence-electron chi connectivity index (χ4n) is 2.66. The second-order valence-electron chi connectivity index (χ2n) is 6.15. The topological polar surface area (TPSA) is 110 Å². The highest BCUT2D eigenvalue weighted by molar-refractivity contribution is 7.90. The maximum atomic E-state index is 12.7. The summed E-state index contributed by atoms with van der Waals surface area (Å²) in [7, 11) is -7.51. The molecule has 1 aromatic carbocycles. The third-order valence-corrected chi connectivity index (χ3v) is 7.74. The molecule has 0 amide bonds. The van der Waals surface area contributed by atoms with Gasteiger partial charge in [0.2, 0.25) is 20.0 Å². The van der Waals surface area contributed by atoms with E-state index in [0.29, 0.717) is 18.7 Å². The minimum absolute atomic E-state index is 0.00998. The van der Waals surface area contributed by atoms with E-state index in [9.17, 15) is 16.8 Å². The lowest BCUT2D eigenvalue weighted by atomic mass is 10.2. The maximum Gasteiger partial charge on any atom is 0.243 e. The Hall–Kier alpha value is -1.00. The quantitative estimate of drug-likeness (QED) is 0.764. The number of benzene rings is 1. The second-order valence-corrected chi connectivity index (χ2v) is 9.77. The van der Waals surface area contributed by atoms with Gasteiger partial charge in [-0.1, -0.05) is 12.5 Å². The van der Waals surface area contributed by atoms with Crippen LogP contribution in [0.2, 0.25) is 0 Å².